The zero-order chi connectivity index (χ0) is 9.07. The monoisotopic (exact) mass is 156 g/mol. The Labute approximate surface area is 68.0 Å². The molecule has 2 heteroatoms. The van der Waals surface area contributed by atoms with Crippen molar-refractivity contribution in [3.63, 3.8) is 0 Å². The Balaban J connectivity index is 4.29. The lowest BCUT2D eigenvalue weighted by Crippen LogP contribution is -2.29. The Bertz CT molecular complexity index is 157. The lowest BCUT2D eigenvalue weighted by molar-refractivity contribution is -0.131. The van der Waals surface area contributed by atoms with E-state index in [1.807, 2.05) is 27.7 Å². The third-order valence-electron chi connectivity index (χ3n) is 2.43. The Morgan fingerprint density at radius 3 is 2.18 bits per heavy atom. The first-order valence-corrected chi connectivity index (χ1v) is 3.90. The maximum atomic E-state index is 11.3. The molecule has 0 aliphatic carbocycles. The van der Waals surface area contributed by atoms with Crippen molar-refractivity contribution in [1.82, 2.24) is 0 Å². The van der Waals surface area contributed by atoms with E-state index in [4.69, 9.17) is 0 Å². The van der Waals surface area contributed by atoms with Crippen LogP contribution in [0.15, 0.2) is 0 Å². The molecule has 64 valence electrons. The molecule has 0 bridgehead atoms. The van der Waals surface area contributed by atoms with Gasteiger partial charge in [0.25, 0.3) is 0 Å². The van der Waals surface area contributed by atoms with Crippen LogP contribution in [0.4, 0.5) is 0 Å². The summed E-state index contributed by atoms with van der Waals surface area (Å²) < 4.78 is 0. The van der Waals surface area contributed by atoms with Crippen molar-refractivity contribution in [3.8, 4) is 0 Å². The van der Waals surface area contributed by atoms with E-state index in [0.717, 1.165) is 0 Å². The van der Waals surface area contributed by atoms with Gasteiger partial charge in [0, 0.05) is 5.41 Å². The lowest BCUT2D eigenvalue weighted by atomic mass is 9.76. The molecule has 0 atom stereocenters. The molecule has 0 aliphatic heterocycles. The molecule has 0 aliphatic rings. The molecular weight excluding hydrogens is 140 g/mol. The van der Waals surface area contributed by atoms with E-state index in [1.165, 1.54) is 0 Å². The van der Waals surface area contributed by atoms with Crippen LogP contribution in [0.2, 0.25) is 0 Å². The SMILES string of the molecule is CC(C)C(C)(C)C(=O)CC=O. The Hall–Kier alpha value is -0.660. The van der Waals surface area contributed by atoms with Crippen molar-refractivity contribution in [2.45, 2.75) is 34.1 Å². The van der Waals surface area contributed by atoms with E-state index in [1.54, 1.807) is 0 Å². The second kappa shape index (κ2) is 3.65. The molecule has 0 rings (SSSR count). The van der Waals surface area contributed by atoms with Crippen molar-refractivity contribution in [3.05, 3.63) is 0 Å². The van der Waals surface area contributed by atoms with Gasteiger partial charge in [0.15, 0.2) is 0 Å². The van der Waals surface area contributed by atoms with Crippen LogP contribution in [-0.2, 0) is 9.59 Å². The number of carbonyl (C=O) groups excluding carboxylic acids is 2. The van der Waals surface area contributed by atoms with Gasteiger partial charge >= 0.3 is 0 Å². The molecule has 0 amide bonds. The highest BCUT2D eigenvalue weighted by Gasteiger charge is 2.29. The van der Waals surface area contributed by atoms with Gasteiger partial charge in [-0.3, -0.25) is 4.79 Å². The van der Waals surface area contributed by atoms with Crippen LogP contribution in [0.1, 0.15) is 34.1 Å². The van der Waals surface area contributed by atoms with Gasteiger partial charge in [0.05, 0.1) is 6.42 Å². The van der Waals surface area contributed by atoms with Gasteiger partial charge in [-0.15, -0.1) is 0 Å². The maximum Gasteiger partial charge on any atom is 0.145 e. The molecule has 0 saturated heterocycles. The number of hydrogen-bond donors (Lipinski definition) is 0. The summed E-state index contributed by atoms with van der Waals surface area (Å²) in [6, 6.07) is 0. The Morgan fingerprint density at radius 1 is 1.45 bits per heavy atom. The zero-order valence-electron chi connectivity index (χ0n) is 7.68. The molecule has 0 unspecified atom stereocenters. The fourth-order valence-corrected chi connectivity index (χ4v) is 0.661. The maximum absolute atomic E-state index is 11.3. The van der Waals surface area contributed by atoms with Gasteiger partial charge in [-0.2, -0.15) is 0 Å². The van der Waals surface area contributed by atoms with Gasteiger partial charge < -0.3 is 4.79 Å². The predicted octanol–water partition coefficient (Wildman–Crippen LogP) is 1.83. The highest BCUT2D eigenvalue weighted by atomic mass is 16.1. The first kappa shape index (κ1) is 10.3. The normalized spacial score (nSPS) is 11.7. The number of aldehydes is 1. The van der Waals surface area contributed by atoms with E-state index in [9.17, 15) is 9.59 Å². The molecule has 0 spiro atoms. The number of carbonyl (C=O) groups is 2. The second-order valence-electron chi connectivity index (χ2n) is 3.67. The van der Waals surface area contributed by atoms with Gasteiger partial charge in [0.1, 0.15) is 12.1 Å². The predicted molar refractivity (Wildman–Crippen MR) is 44.3 cm³/mol. The quantitative estimate of drug-likeness (QED) is 0.459. The summed E-state index contributed by atoms with van der Waals surface area (Å²) in [5.74, 6) is 0.317. The van der Waals surface area contributed by atoms with Crippen LogP contribution >= 0.6 is 0 Å². The number of ketones is 1. The third kappa shape index (κ3) is 2.45. The Kier molecular flexibility index (Phi) is 3.43. The van der Waals surface area contributed by atoms with Crippen molar-refractivity contribution >= 4 is 12.1 Å². The van der Waals surface area contributed by atoms with Crippen LogP contribution in [-0.4, -0.2) is 12.1 Å². The largest absolute Gasteiger partial charge is 0.303 e. The van der Waals surface area contributed by atoms with Crippen molar-refractivity contribution in [2.75, 3.05) is 0 Å². The molecule has 2 nitrogen and oxygen atoms in total. The highest BCUT2D eigenvalue weighted by Crippen LogP contribution is 2.27. The minimum atomic E-state index is -0.360. The summed E-state index contributed by atoms with van der Waals surface area (Å²) >= 11 is 0. The summed E-state index contributed by atoms with van der Waals surface area (Å²) in [4.78, 5) is 21.3. The summed E-state index contributed by atoms with van der Waals surface area (Å²) in [7, 11) is 0. The number of Topliss-reactive ketones (excluding diaryl/α,β-unsaturated/α-hetero) is 1. The van der Waals surface area contributed by atoms with Crippen molar-refractivity contribution < 1.29 is 9.59 Å². The van der Waals surface area contributed by atoms with Crippen molar-refractivity contribution in [2.24, 2.45) is 11.3 Å². The topological polar surface area (TPSA) is 34.1 Å². The summed E-state index contributed by atoms with van der Waals surface area (Å²) in [6.07, 6.45) is 0.720. The summed E-state index contributed by atoms with van der Waals surface area (Å²) in [5.41, 5.74) is -0.360. The first-order chi connectivity index (χ1) is 4.92. The molecular formula is C9H16O2. The molecule has 0 saturated carbocycles. The number of hydrogen-bond acceptors (Lipinski definition) is 2. The van der Waals surface area contributed by atoms with Crippen LogP contribution < -0.4 is 0 Å². The van der Waals surface area contributed by atoms with Crippen LogP contribution in [0.5, 0.6) is 0 Å². The molecule has 0 fully saturated rings. The van der Waals surface area contributed by atoms with E-state index in [0.29, 0.717) is 6.29 Å². The van der Waals surface area contributed by atoms with Gasteiger partial charge in [-0.1, -0.05) is 27.7 Å². The van der Waals surface area contributed by atoms with Crippen LogP contribution in [0, 0.1) is 11.3 Å². The summed E-state index contributed by atoms with van der Waals surface area (Å²) in [5, 5.41) is 0. The molecule has 0 aromatic heterocycles. The Morgan fingerprint density at radius 2 is 1.91 bits per heavy atom. The van der Waals surface area contributed by atoms with Gasteiger partial charge in [0.2, 0.25) is 0 Å². The van der Waals surface area contributed by atoms with E-state index >= 15 is 0 Å². The fraction of sp³-hybridized carbons (Fsp3) is 0.778. The van der Waals surface area contributed by atoms with Crippen LogP contribution in [0.3, 0.4) is 0 Å². The minimum absolute atomic E-state index is 0.0301. The van der Waals surface area contributed by atoms with Crippen molar-refractivity contribution in [1.29, 1.82) is 0 Å². The van der Waals surface area contributed by atoms with Gasteiger partial charge in [-0.05, 0) is 5.92 Å². The summed E-state index contributed by atoms with van der Waals surface area (Å²) in [6.45, 7) is 7.73. The number of rotatable bonds is 4. The fourth-order valence-electron chi connectivity index (χ4n) is 0.661. The van der Waals surface area contributed by atoms with Crippen LogP contribution in [0.25, 0.3) is 0 Å². The highest BCUT2D eigenvalue weighted by molar-refractivity contribution is 5.93. The van der Waals surface area contributed by atoms with E-state index in [2.05, 4.69) is 0 Å². The second-order valence-corrected chi connectivity index (χ2v) is 3.67. The third-order valence-corrected chi connectivity index (χ3v) is 2.43. The van der Waals surface area contributed by atoms with Gasteiger partial charge in [-0.25, -0.2) is 0 Å². The smallest absolute Gasteiger partial charge is 0.145 e. The molecule has 0 radical (unpaired) electrons. The lowest BCUT2D eigenvalue weighted by Gasteiger charge is -2.26. The standard InChI is InChI=1S/C9H16O2/c1-7(2)9(3,4)8(11)5-6-10/h6-7H,5H2,1-4H3. The first-order valence-electron chi connectivity index (χ1n) is 3.90. The van der Waals surface area contributed by atoms with E-state index < -0.39 is 0 Å². The molecule has 0 aromatic rings. The minimum Gasteiger partial charge on any atom is -0.303 e. The average molecular weight is 156 g/mol. The molecule has 0 N–H and O–H groups in total. The molecule has 0 heterocycles. The molecule has 0 aromatic carbocycles. The average Bonchev–Trinajstić information content (AvgIpc) is 1.88. The molecule has 11 heavy (non-hydrogen) atoms. The van der Waals surface area contributed by atoms with E-state index in [-0.39, 0.29) is 23.5 Å². The zero-order valence-corrected chi connectivity index (χ0v) is 7.68.